The van der Waals surface area contributed by atoms with Crippen LogP contribution in [-0.4, -0.2) is 41.5 Å². The fourth-order valence-electron chi connectivity index (χ4n) is 2.35. The number of hydrogen-bond donors (Lipinski definition) is 1. The molecule has 4 heteroatoms. The van der Waals surface area contributed by atoms with E-state index in [0.29, 0.717) is 6.04 Å². The van der Waals surface area contributed by atoms with Gasteiger partial charge in [0, 0.05) is 50.9 Å². The standard InChI is InChI=1S/C14H21N3O/c1-12(18)17-10-6-14(7-11-17)16-9-5-13-4-2-3-8-15-13/h2-4,8,14,16H,5-7,9-11H2,1H3. The maximum absolute atomic E-state index is 11.2. The van der Waals surface area contributed by atoms with Crippen LogP contribution in [0.4, 0.5) is 0 Å². The number of nitrogens with zero attached hydrogens (tertiary/aromatic N) is 2. The summed E-state index contributed by atoms with van der Waals surface area (Å²) in [6, 6.07) is 6.56. The number of aromatic nitrogens is 1. The molecule has 0 aromatic carbocycles. The van der Waals surface area contributed by atoms with Crippen molar-refractivity contribution in [3.8, 4) is 0 Å². The predicted molar refractivity (Wildman–Crippen MR) is 71.2 cm³/mol. The van der Waals surface area contributed by atoms with Crippen LogP contribution in [0.5, 0.6) is 0 Å². The van der Waals surface area contributed by atoms with Crippen molar-refractivity contribution >= 4 is 5.91 Å². The van der Waals surface area contributed by atoms with Gasteiger partial charge in [0.1, 0.15) is 0 Å². The lowest BCUT2D eigenvalue weighted by Gasteiger charge is -2.31. The summed E-state index contributed by atoms with van der Waals surface area (Å²) in [4.78, 5) is 17.4. The molecule has 1 N–H and O–H groups in total. The van der Waals surface area contributed by atoms with Gasteiger partial charge in [-0.1, -0.05) is 6.07 Å². The Labute approximate surface area is 108 Å². The van der Waals surface area contributed by atoms with Crippen LogP contribution in [0.15, 0.2) is 24.4 Å². The molecule has 0 aliphatic carbocycles. The SMILES string of the molecule is CC(=O)N1CCC(NCCc2ccccn2)CC1. The molecule has 4 nitrogen and oxygen atoms in total. The van der Waals surface area contributed by atoms with E-state index in [1.54, 1.807) is 6.92 Å². The van der Waals surface area contributed by atoms with Gasteiger partial charge < -0.3 is 10.2 Å². The Hall–Kier alpha value is -1.42. The summed E-state index contributed by atoms with van der Waals surface area (Å²) in [6.45, 7) is 4.38. The van der Waals surface area contributed by atoms with Crippen LogP contribution in [0, 0.1) is 0 Å². The topological polar surface area (TPSA) is 45.2 Å². The monoisotopic (exact) mass is 247 g/mol. The molecule has 0 spiro atoms. The van der Waals surface area contributed by atoms with Crippen molar-refractivity contribution in [2.75, 3.05) is 19.6 Å². The third-order valence-electron chi connectivity index (χ3n) is 3.48. The average molecular weight is 247 g/mol. The van der Waals surface area contributed by atoms with Gasteiger partial charge in [-0.2, -0.15) is 0 Å². The van der Waals surface area contributed by atoms with Gasteiger partial charge in [0.05, 0.1) is 0 Å². The second-order valence-electron chi connectivity index (χ2n) is 4.81. The number of carbonyl (C=O) groups is 1. The van der Waals surface area contributed by atoms with Gasteiger partial charge in [-0.3, -0.25) is 9.78 Å². The van der Waals surface area contributed by atoms with Crippen LogP contribution in [0.25, 0.3) is 0 Å². The summed E-state index contributed by atoms with van der Waals surface area (Å²) in [5.41, 5.74) is 1.13. The average Bonchev–Trinajstić information content (AvgIpc) is 2.40. The van der Waals surface area contributed by atoms with Crippen LogP contribution in [0.1, 0.15) is 25.5 Å². The second kappa shape index (κ2) is 6.50. The number of piperidine rings is 1. The van der Waals surface area contributed by atoms with Crippen molar-refractivity contribution in [2.45, 2.75) is 32.2 Å². The van der Waals surface area contributed by atoms with E-state index < -0.39 is 0 Å². The van der Waals surface area contributed by atoms with Crippen LogP contribution >= 0.6 is 0 Å². The van der Waals surface area contributed by atoms with E-state index >= 15 is 0 Å². The van der Waals surface area contributed by atoms with Gasteiger partial charge in [0.25, 0.3) is 0 Å². The molecule has 0 bridgehead atoms. The van der Waals surface area contributed by atoms with Gasteiger partial charge in [-0.15, -0.1) is 0 Å². The number of nitrogens with one attached hydrogen (secondary N) is 1. The molecule has 1 aliphatic rings. The Kier molecular flexibility index (Phi) is 4.70. The summed E-state index contributed by atoms with van der Waals surface area (Å²) in [5, 5.41) is 3.55. The summed E-state index contributed by atoms with van der Waals surface area (Å²) in [7, 11) is 0. The van der Waals surface area contributed by atoms with E-state index in [1.807, 2.05) is 23.2 Å². The molecule has 1 fully saturated rings. The fraction of sp³-hybridized carbons (Fsp3) is 0.571. The van der Waals surface area contributed by atoms with Gasteiger partial charge in [0.2, 0.25) is 5.91 Å². The molecule has 18 heavy (non-hydrogen) atoms. The Morgan fingerprint density at radius 2 is 2.22 bits per heavy atom. The number of pyridine rings is 1. The maximum Gasteiger partial charge on any atom is 0.219 e. The fourth-order valence-corrected chi connectivity index (χ4v) is 2.35. The van der Waals surface area contributed by atoms with Crippen LogP contribution in [0.3, 0.4) is 0 Å². The molecule has 1 aromatic heterocycles. The quantitative estimate of drug-likeness (QED) is 0.870. The molecule has 1 aromatic rings. The third-order valence-corrected chi connectivity index (χ3v) is 3.48. The van der Waals surface area contributed by atoms with Crippen molar-refractivity contribution in [1.29, 1.82) is 0 Å². The lowest BCUT2D eigenvalue weighted by molar-refractivity contribution is -0.129. The van der Waals surface area contributed by atoms with E-state index in [0.717, 1.165) is 44.6 Å². The highest BCUT2D eigenvalue weighted by atomic mass is 16.2. The van der Waals surface area contributed by atoms with Crippen molar-refractivity contribution < 1.29 is 4.79 Å². The lowest BCUT2D eigenvalue weighted by Crippen LogP contribution is -2.44. The lowest BCUT2D eigenvalue weighted by atomic mass is 10.0. The van der Waals surface area contributed by atoms with Crippen molar-refractivity contribution in [3.63, 3.8) is 0 Å². The number of amides is 1. The zero-order valence-corrected chi connectivity index (χ0v) is 10.9. The molecule has 1 saturated heterocycles. The van der Waals surface area contributed by atoms with Crippen LogP contribution in [-0.2, 0) is 11.2 Å². The molecular weight excluding hydrogens is 226 g/mol. The summed E-state index contributed by atoms with van der Waals surface area (Å²) in [6.07, 6.45) is 4.91. The summed E-state index contributed by atoms with van der Waals surface area (Å²) < 4.78 is 0. The van der Waals surface area contributed by atoms with Gasteiger partial charge in [0.15, 0.2) is 0 Å². The Morgan fingerprint density at radius 3 is 2.83 bits per heavy atom. The van der Waals surface area contributed by atoms with Crippen molar-refractivity contribution in [1.82, 2.24) is 15.2 Å². The first-order chi connectivity index (χ1) is 8.75. The molecule has 0 unspecified atom stereocenters. The molecule has 98 valence electrons. The third kappa shape index (κ3) is 3.81. The number of carbonyl (C=O) groups excluding carboxylic acids is 1. The van der Waals surface area contributed by atoms with Crippen molar-refractivity contribution in [3.05, 3.63) is 30.1 Å². The van der Waals surface area contributed by atoms with E-state index in [2.05, 4.69) is 16.4 Å². The highest BCUT2D eigenvalue weighted by Crippen LogP contribution is 2.10. The number of likely N-dealkylation sites (tertiary alicyclic amines) is 1. The first-order valence-corrected chi connectivity index (χ1v) is 6.64. The highest BCUT2D eigenvalue weighted by molar-refractivity contribution is 5.73. The van der Waals surface area contributed by atoms with Crippen LogP contribution < -0.4 is 5.32 Å². The smallest absolute Gasteiger partial charge is 0.219 e. The molecular formula is C14H21N3O. The molecule has 1 amide bonds. The zero-order valence-electron chi connectivity index (χ0n) is 10.9. The molecule has 0 radical (unpaired) electrons. The Morgan fingerprint density at radius 1 is 1.44 bits per heavy atom. The van der Waals surface area contributed by atoms with Gasteiger partial charge in [-0.25, -0.2) is 0 Å². The normalized spacial score (nSPS) is 16.8. The Bertz CT molecular complexity index is 372. The molecule has 0 saturated carbocycles. The second-order valence-corrected chi connectivity index (χ2v) is 4.81. The highest BCUT2D eigenvalue weighted by Gasteiger charge is 2.19. The molecule has 0 atom stereocenters. The minimum Gasteiger partial charge on any atom is -0.343 e. The number of hydrogen-bond acceptors (Lipinski definition) is 3. The first-order valence-electron chi connectivity index (χ1n) is 6.64. The van der Waals surface area contributed by atoms with E-state index in [1.165, 1.54) is 0 Å². The summed E-state index contributed by atoms with van der Waals surface area (Å²) in [5.74, 6) is 0.196. The number of rotatable bonds is 4. The minimum absolute atomic E-state index is 0.196. The van der Waals surface area contributed by atoms with E-state index in [4.69, 9.17) is 0 Å². The van der Waals surface area contributed by atoms with E-state index in [9.17, 15) is 4.79 Å². The molecule has 1 aliphatic heterocycles. The van der Waals surface area contributed by atoms with Gasteiger partial charge in [-0.05, 0) is 25.0 Å². The maximum atomic E-state index is 11.2. The molecule has 2 rings (SSSR count). The van der Waals surface area contributed by atoms with Crippen LogP contribution in [0.2, 0.25) is 0 Å². The predicted octanol–water partition coefficient (Wildman–Crippen LogP) is 1.22. The van der Waals surface area contributed by atoms with Crippen molar-refractivity contribution in [2.24, 2.45) is 0 Å². The molecule has 2 heterocycles. The van der Waals surface area contributed by atoms with Gasteiger partial charge >= 0.3 is 0 Å². The first kappa shape index (κ1) is 13.0. The van der Waals surface area contributed by atoms with E-state index in [-0.39, 0.29) is 5.91 Å². The summed E-state index contributed by atoms with van der Waals surface area (Å²) >= 11 is 0. The zero-order chi connectivity index (χ0) is 12.8. The Balaban J connectivity index is 1.65. The minimum atomic E-state index is 0.196. The largest absolute Gasteiger partial charge is 0.343 e.